The average Bonchev–Trinajstić information content (AvgIpc) is 2.76. The zero-order valence-electron chi connectivity index (χ0n) is 21.4. The van der Waals surface area contributed by atoms with Crippen LogP contribution in [0.1, 0.15) is 79.6 Å². The van der Waals surface area contributed by atoms with Crippen molar-refractivity contribution in [3.05, 3.63) is 36.2 Å². The lowest BCUT2D eigenvalue weighted by Crippen LogP contribution is -2.46. The van der Waals surface area contributed by atoms with Gasteiger partial charge in [-0.05, 0) is 51.1 Å². The summed E-state index contributed by atoms with van der Waals surface area (Å²) in [6.45, 7) is 19.3. The number of unbranched alkanes of at least 4 members (excludes halogenated alkanes) is 2. The second-order valence-electron chi connectivity index (χ2n) is 9.12. The third-order valence-electron chi connectivity index (χ3n) is 6.24. The topological polar surface area (TPSA) is 43.9 Å². The Morgan fingerprint density at radius 3 is 2.47 bits per heavy atom. The fraction of sp³-hybridized carbons (Fsp3) is 0.704. The molecule has 0 radical (unpaired) electrons. The summed E-state index contributed by atoms with van der Waals surface area (Å²) in [6.07, 6.45) is 13.6. The van der Waals surface area contributed by atoms with Crippen molar-refractivity contribution < 1.29 is 9.59 Å². The molecule has 0 bridgehead atoms. The largest absolute Gasteiger partial charge is 0.340 e. The van der Waals surface area contributed by atoms with Gasteiger partial charge in [0.1, 0.15) is 0 Å². The van der Waals surface area contributed by atoms with E-state index in [1.54, 1.807) is 13.0 Å². The van der Waals surface area contributed by atoms with Crippen LogP contribution >= 0.6 is 0 Å². The van der Waals surface area contributed by atoms with Crippen LogP contribution in [-0.2, 0) is 9.59 Å². The van der Waals surface area contributed by atoms with Crippen LogP contribution in [-0.4, -0.2) is 65.7 Å². The van der Waals surface area contributed by atoms with Crippen molar-refractivity contribution in [1.82, 2.24) is 14.7 Å². The lowest BCUT2D eigenvalue weighted by Gasteiger charge is -2.38. The van der Waals surface area contributed by atoms with E-state index >= 15 is 0 Å². The predicted molar refractivity (Wildman–Crippen MR) is 135 cm³/mol. The van der Waals surface area contributed by atoms with Crippen LogP contribution in [0.25, 0.3) is 0 Å². The number of allylic oxidation sites excluding steroid dienone is 2. The van der Waals surface area contributed by atoms with Gasteiger partial charge in [0, 0.05) is 38.3 Å². The molecule has 1 aliphatic heterocycles. The molecule has 1 rings (SSSR count). The number of piperazine rings is 1. The SMILES string of the molecule is C=C1CN(C(=O)/C=C/CN(CCC)CCCC(C)CC)CCN1/C(=C\CCCC)C(C)=O. The molecule has 5 nitrogen and oxygen atoms in total. The maximum absolute atomic E-state index is 12.7. The minimum atomic E-state index is 0.0289. The Morgan fingerprint density at radius 2 is 1.88 bits per heavy atom. The van der Waals surface area contributed by atoms with Crippen molar-refractivity contribution in [3.63, 3.8) is 0 Å². The first-order valence-corrected chi connectivity index (χ1v) is 12.7. The number of carbonyl (C=O) groups is 2. The molecule has 0 aromatic heterocycles. The highest BCUT2D eigenvalue weighted by molar-refractivity contribution is 5.93. The highest BCUT2D eigenvalue weighted by Crippen LogP contribution is 2.20. The first kappa shape index (κ1) is 28.2. The maximum atomic E-state index is 12.7. The Kier molecular flexibility index (Phi) is 13.9. The molecule has 0 spiro atoms. The molecule has 1 atom stereocenters. The van der Waals surface area contributed by atoms with Crippen molar-refractivity contribution in [2.45, 2.75) is 79.6 Å². The summed E-state index contributed by atoms with van der Waals surface area (Å²) >= 11 is 0. The molecule has 182 valence electrons. The molecule has 0 saturated carbocycles. The van der Waals surface area contributed by atoms with Gasteiger partial charge in [-0.25, -0.2) is 0 Å². The predicted octanol–water partition coefficient (Wildman–Crippen LogP) is 5.40. The van der Waals surface area contributed by atoms with E-state index in [0.717, 1.165) is 62.6 Å². The van der Waals surface area contributed by atoms with E-state index in [9.17, 15) is 9.59 Å². The van der Waals surface area contributed by atoms with Crippen molar-refractivity contribution in [2.75, 3.05) is 39.3 Å². The van der Waals surface area contributed by atoms with Gasteiger partial charge in [0.25, 0.3) is 0 Å². The van der Waals surface area contributed by atoms with Gasteiger partial charge >= 0.3 is 0 Å². The summed E-state index contributed by atoms with van der Waals surface area (Å²) in [6, 6.07) is 0. The fourth-order valence-corrected chi connectivity index (χ4v) is 4.02. The van der Waals surface area contributed by atoms with Gasteiger partial charge in [0.15, 0.2) is 5.78 Å². The van der Waals surface area contributed by atoms with Gasteiger partial charge in [0.05, 0.1) is 12.2 Å². The monoisotopic (exact) mass is 445 g/mol. The van der Waals surface area contributed by atoms with Crippen LogP contribution in [0.15, 0.2) is 36.2 Å². The molecule has 0 N–H and O–H groups in total. The van der Waals surface area contributed by atoms with Gasteiger partial charge in [0.2, 0.25) is 5.91 Å². The van der Waals surface area contributed by atoms with Gasteiger partial charge in [-0.15, -0.1) is 0 Å². The van der Waals surface area contributed by atoms with E-state index in [0.29, 0.717) is 19.6 Å². The van der Waals surface area contributed by atoms with Crippen LogP contribution in [0.3, 0.4) is 0 Å². The van der Waals surface area contributed by atoms with Gasteiger partial charge in [-0.2, -0.15) is 0 Å². The van der Waals surface area contributed by atoms with Crippen LogP contribution in [0.2, 0.25) is 0 Å². The van der Waals surface area contributed by atoms with Crippen LogP contribution in [0.4, 0.5) is 0 Å². The molecule has 1 saturated heterocycles. The molecule has 0 aromatic carbocycles. The lowest BCUT2D eigenvalue weighted by molar-refractivity contribution is -0.126. The van der Waals surface area contributed by atoms with Crippen molar-refractivity contribution in [1.29, 1.82) is 0 Å². The summed E-state index contributed by atoms with van der Waals surface area (Å²) in [7, 11) is 0. The summed E-state index contributed by atoms with van der Waals surface area (Å²) in [5, 5.41) is 0. The van der Waals surface area contributed by atoms with E-state index in [1.807, 2.05) is 22.0 Å². The Balaban J connectivity index is 2.58. The normalized spacial score (nSPS) is 16.3. The minimum absolute atomic E-state index is 0.0289. The van der Waals surface area contributed by atoms with Crippen LogP contribution < -0.4 is 0 Å². The standard InChI is InChI=1S/C27H47N3O2/c1-7-10-11-15-26(25(6)31)30-21-20-29(22-24(30)5)27(32)16-13-19-28(17-8-2)18-12-14-23(4)9-3/h13,15-16,23H,5,7-12,14,17-22H2,1-4,6H3/b16-13+,26-15-. The zero-order chi connectivity index (χ0) is 23.9. The van der Waals surface area contributed by atoms with Gasteiger partial charge < -0.3 is 9.80 Å². The Morgan fingerprint density at radius 1 is 1.12 bits per heavy atom. The van der Waals surface area contributed by atoms with E-state index in [-0.39, 0.29) is 11.7 Å². The summed E-state index contributed by atoms with van der Waals surface area (Å²) in [5.74, 6) is 0.875. The lowest BCUT2D eigenvalue weighted by atomic mass is 10.0. The molecular weight excluding hydrogens is 398 g/mol. The minimum Gasteiger partial charge on any atom is -0.340 e. The number of amides is 1. The fourth-order valence-electron chi connectivity index (χ4n) is 4.02. The number of ketones is 1. The smallest absolute Gasteiger partial charge is 0.246 e. The Labute approximate surface area is 197 Å². The molecular formula is C27H47N3O2. The molecule has 1 fully saturated rings. The van der Waals surface area contributed by atoms with Crippen molar-refractivity contribution in [3.8, 4) is 0 Å². The number of rotatable bonds is 15. The average molecular weight is 446 g/mol. The molecule has 0 aromatic rings. The molecule has 0 aliphatic carbocycles. The first-order chi connectivity index (χ1) is 15.3. The number of Topliss-reactive ketones (excluding diaryl/α,β-unsaturated/α-hetero) is 1. The molecule has 5 heteroatoms. The second kappa shape index (κ2) is 15.8. The Bertz CT molecular complexity index is 653. The van der Waals surface area contributed by atoms with Crippen LogP contribution in [0, 0.1) is 5.92 Å². The van der Waals surface area contributed by atoms with Gasteiger partial charge in [-0.3, -0.25) is 14.5 Å². The third-order valence-corrected chi connectivity index (χ3v) is 6.24. The molecule has 32 heavy (non-hydrogen) atoms. The van der Waals surface area contributed by atoms with E-state index in [1.165, 1.54) is 19.3 Å². The van der Waals surface area contributed by atoms with E-state index in [2.05, 4.69) is 39.2 Å². The zero-order valence-corrected chi connectivity index (χ0v) is 21.4. The molecule has 1 heterocycles. The summed E-state index contributed by atoms with van der Waals surface area (Å²) in [5.41, 5.74) is 1.53. The number of hydrogen-bond acceptors (Lipinski definition) is 4. The highest BCUT2D eigenvalue weighted by atomic mass is 16.2. The first-order valence-electron chi connectivity index (χ1n) is 12.7. The quantitative estimate of drug-likeness (QED) is 0.250. The second-order valence-corrected chi connectivity index (χ2v) is 9.12. The Hall–Kier alpha value is -1.88. The van der Waals surface area contributed by atoms with E-state index in [4.69, 9.17) is 0 Å². The number of carbonyl (C=O) groups excluding carboxylic acids is 2. The summed E-state index contributed by atoms with van der Waals surface area (Å²) in [4.78, 5) is 31.1. The van der Waals surface area contributed by atoms with Gasteiger partial charge in [-0.1, -0.05) is 59.3 Å². The number of hydrogen-bond donors (Lipinski definition) is 0. The third kappa shape index (κ3) is 10.2. The summed E-state index contributed by atoms with van der Waals surface area (Å²) < 4.78 is 0. The molecule has 1 unspecified atom stereocenters. The number of nitrogens with zero attached hydrogens (tertiary/aromatic N) is 3. The highest BCUT2D eigenvalue weighted by Gasteiger charge is 2.25. The molecule has 1 aliphatic rings. The van der Waals surface area contributed by atoms with Crippen molar-refractivity contribution in [2.24, 2.45) is 5.92 Å². The maximum Gasteiger partial charge on any atom is 0.246 e. The van der Waals surface area contributed by atoms with E-state index < -0.39 is 0 Å². The van der Waals surface area contributed by atoms with Crippen LogP contribution in [0.5, 0.6) is 0 Å². The molecule has 1 amide bonds. The van der Waals surface area contributed by atoms with Crippen molar-refractivity contribution >= 4 is 11.7 Å².